The van der Waals surface area contributed by atoms with Gasteiger partial charge in [-0.05, 0) is 59.5 Å². The average Bonchev–Trinajstić information content (AvgIpc) is 3.48. The SMILES string of the molecule is CC(C)c1cc(/C=C/c2ccccc2OCC(O)CN2CCNCC2C(c2ccc(F)cc2)c2ccc(F)cc2)on1. The van der Waals surface area contributed by atoms with E-state index in [-0.39, 0.29) is 36.1 Å². The highest BCUT2D eigenvalue weighted by Gasteiger charge is 2.33. The van der Waals surface area contributed by atoms with E-state index in [0.717, 1.165) is 35.5 Å². The molecule has 42 heavy (non-hydrogen) atoms. The summed E-state index contributed by atoms with van der Waals surface area (Å²) in [6, 6.07) is 22.4. The number of nitrogens with one attached hydrogen (secondary N) is 1. The molecule has 0 aliphatic carbocycles. The Labute approximate surface area is 245 Å². The summed E-state index contributed by atoms with van der Waals surface area (Å²) < 4.78 is 39.1. The van der Waals surface area contributed by atoms with Gasteiger partial charge in [0.1, 0.15) is 30.1 Å². The quantitative estimate of drug-likeness (QED) is 0.226. The smallest absolute Gasteiger partial charge is 0.159 e. The Bertz CT molecular complexity index is 1410. The van der Waals surface area contributed by atoms with Gasteiger partial charge in [0.05, 0.1) is 5.69 Å². The highest BCUT2D eigenvalue weighted by molar-refractivity contribution is 5.70. The van der Waals surface area contributed by atoms with E-state index in [4.69, 9.17) is 9.26 Å². The summed E-state index contributed by atoms with van der Waals surface area (Å²) in [6.07, 6.45) is 3.01. The van der Waals surface area contributed by atoms with Crippen molar-refractivity contribution in [3.8, 4) is 5.75 Å². The zero-order chi connectivity index (χ0) is 29.5. The number of nitrogens with zero attached hydrogens (tertiary/aromatic N) is 2. The minimum atomic E-state index is -0.757. The Morgan fingerprint density at radius 2 is 1.67 bits per heavy atom. The van der Waals surface area contributed by atoms with Gasteiger partial charge in [-0.15, -0.1) is 0 Å². The highest BCUT2D eigenvalue weighted by atomic mass is 19.1. The van der Waals surface area contributed by atoms with Gasteiger partial charge in [0, 0.05) is 49.8 Å². The first kappa shape index (κ1) is 29.6. The van der Waals surface area contributed by atoms with Crippen LogP contribution in [0.15, 0.2) is 83.4 Å². The molecule has 0 amide bonds. The second kappa shape index (κ2) is 13.9. The van der Waals surface area contributed by atoms with E-state index >= 15 is 0 Å². The van der Waals surface area contributed by atoms with Crippen LogP contribution in [0.1, 0.15) is 53.8 Å². The topological polar surface area (TPSA) is 70.8 Å². The molecule has 0 spiro atoms. The third kappa shape index (κ3) is 7.50. The second-order valence-corrected chi connectivity index (χ2v) is 11.0. The van der Waals surface area contributed by atoms with Crippen molar-refractivity contribution < 1.29 is 23.1 Å². The Kier molecular flexibility index (Phi) is 9.79. The molecule has 8 heteroatoms. The monoisotopic (exact) mass is 573 g/mol. The van der Waals surface area contributed by atoms with Crippen LogP contribution in [0.3, 0.4) is 0 Å². The lowest BCUT2D eigenvalue weighted by Gasteiger charge is -2.42. The molecular weight excluding hydrogens is 536 g/mol. The number of ether oxygens (including phenoxy) is 1. The van der Waals surface area contributed by atoms with E-state index in [1.54, 1.807) is 24.3 Å². The average molecular weight is 574 g/mol. The predicted octanol–water partition coefficient (Wildman–Crippen LogP) is 6.09. The van der Waals surface area contributed by atoms with Gasteiger partial charge < -0.3 is 19.7 Å². The molecule has 1 saturated heterocycles. The molecular formula is C34H37F2N3O3. The van der Waals surface area contributed by atoms with Crippen LogP contribution in [-0.2, 0) is 0 Å². The fourth-order valence-electron chi connectivity index (χ4n) is 5.39. The fourth-order valence-corrected chi connectivity index (χ4v) is 5.39. The summed E-state index contributed by atoms with van der Waals surface area (Å²) >= 11 is 0. The number of hydrogen-bond donors (Lipinski definition) is 2. The molecule has 6 nitrogen and oxygen atoms in total. The van der Waals surface area contributed by atoms with Crippen LogP contribution < -0.4 is 10.1 Å². The molecule has 1 aliphatic rings. The van der Waals surface area contributed by atoms with E-state index in [2.05, 4.69) is 29.2 Å². The molecule has 1 aromatic heterocycles. The number of halogens is 2. The Morgan fingerprint density at radius 1 is 1.00 bits per heavy atom. The molecule has 2 N–H and O–H groups in total. The number of aromatic nitrogens is 1. The van der Waals surface area contributed by atoms with Crippen molar-refractivity contribution in [3.63, 3.8) is 0 Å². The molecule has 2 heterocycles. The second-order valence-electron chi connectivity index (χ2n) is 11.0. The van der Waals surface area contributed by atoms with Gasteiger partial charge in [-0.25, -0.2) is 8.78 Å². The van der Waals surface area contributed by atoms with Crippen LogP contribution in [0.5, 0.6) is 5.75 Å². The third-order valence-corrected chi connectivity index (χ3v) is 7.60. The Hall–Kier alpha value is -3.85. The number of hydrogen-bond acceptors (Lipinski definition) is 6. The zero-order valence-electron chi connectivity index (χ0n) is 23.9. The molecule has 2 atom stereocenters. The Morgan fingerprint density at radius 3 is 2.31 bits per heavy atom. The molecule has 0 radical (unpaired) electrons. The first-order valence-electron chi connectivity index (χ1n) is 14.4. The lowest BCUT2D eigenvalue weighted by molar-refractivity contribution is 0.0402. The van der Waals surface area contributed by atoms with Gasteiger partial charge in [0.15, 0.2) is 5.76 Å². The van der Waals surface area contributed by atoms with Crippen LogP contribution in [0.4, 0.5) is 8.78 Å². The van der Waals surface area contributed by atoms with Crippen molar-refractivity contribution in [1.82, 2.24) is 15.4 Å². The van der Waals surface area contributed by atoms with Crippen molar-refractivity contribution in [3.05, 3.63) is 119 Å². The number of β-amino-alcohol motifs (C(OH)–C–C–N with tert-alkyl or cyclic N) is 1. The van der Waals surface area contributed by atoms with Gasteiger partial charge in [-0.2, -0.15) is 0 Å². The van der Waals surface area contributed by atoms with Crippen molar-refractivity contribution in [2.24, 2.45) is 0 Å². The standard InChI is InChI=1S/C34H37F2N3O3/c1-23(2)31-19-30(42-38-31)16-11-24-5-3-4-6-33(24)41-22-29(40)21-39-18-17-37-20-32(39)34(25-7-12-27(35)13-8-25)26-9-14-28(36)15-10-26/h3-16,19,23,29,32,34,37,40H,17-18,20-22H2,1-2H3/b16-11+. The number of piperazine rings is 1. The molecule has 220 valence electrons. The van der Waals surface area contributed by atoms with E-state index in [1.807, 2.05) is 42.5 Å². The molecule has 2 unspecified atom stereocenters. The summed E-state index contributed by atoms with van der Waals surface area (Å²) in [5.74, 6) is 0.840. The molecule has 5 rings (SSSR count). The summed E-state index contributed by atoms with van der Waals surface area (Å²) in [5.41, 5.74) is 3.62. The number of para-hydroxylation sites is 1. The minimum Gasteiger partial charge on any atom is -0.490 e. The van der Waals surface area contributed by atoms with Gasteiger partial charge in [-0.3, -0.25) is 4.90 Å². The molecule has 4 aromatic rings. The van der Waals surface area contributed by atoms with Crippen LogP contribution in [0, 0.1) is 11.6 Å². The number of aliphatic hydroxyl groups is 1. The van der Waals surface area contributed by atoms with Crippen LogP contribution in [0.25, 0.3) is 12.2 Å². The van der Waals surface area contributed by atoms with Gasteiger partial charge in [-0.1, -0.05) is 61.5 Å². The normalized spacial score (nSPS) is 16.9. The molecule has 1 fully saturated rings. The minimum absolute atomic E-state index is 0.0443. The maximum Gasteiger partial charge on any atom is 0.159 e. The van der Waals surface area contributed by atoms with Crippen LogP contribution in [0.2, 0.25) is 0 Å². The van der Waals surface area contributed by atoms with Crippen LogP contribution >= 0.6 is 0 Å². The van der Waals surface area contributed by atoms with Gasteiger partial charge in [0.25, 0.3) is 0 Å². The zero-order valence-corrected chi connectivity index (χ0v) is 23.9. The lowest BCUT2D eigenvalue weighted by Crippen LogP contribution is -2.56. The Balaban J connectivity index is 1.28. The summed E-state index contributed by atoms with van der Waals surface area (Å²) in [5, 5.41) is 18.7. The maximum absolute atomic E-state index is 13.8. The van der Waals surface area contributed by atoms with Crippen molar-refractivity contribution in [1.29, 1.82) is 0 Å². The first-order chi connectivity index (χ1) is 20.4. The largest absolute Gasteiger partial charge is 0.490 e. The van der Waals surface area contributed by atoms with E-state index in [9.17, 15) is 13.9 Å². The van der Waals surface area contributed by atoms with Crippen molar-refractivity contribution in [2.45, 2.75) is 37.8 Å². The van der Waals surface area contributed by atoms with E-state index < -0.39 is 6.10 Å². The molecule has 0 saturated carbocycles. The molecule has 1 aliphatic heterocycles. The number of benzene rings is 3. The fraction of sp³-hybridized carbons (Fsp3) is 0.324. The molecule has 3 aromatic carbocycles. The summed E-state index contributed by atoms with van der Waals surface area (Å²) in [7, 11) is 0. The van der Waals surface area contributed by atoms with Crippen molar-refractivity contribution in [2.75, 3.05) is 32.8 Å². The van der Waals surface area contributed by atoms with Crippen molar-refractivity contribution >= 4 is 12.2 Å². The number of rotatable bonds is 11. The number of aliphatic hydroxyl groups excluding tert-OH is 1. The summed E-state index contributed by atoms with van der Waals surface area (Å²) in [6.45, 7) is 6.79. The molecule has 0 bridgehead atoms. The highest BCUT2D eigenvalue weighted by Crippen LogP contribution is 2.32. The summed E-state index contributed by atoms with van der Waals surface area (Å²) in [4.78, 5) is 2.24. The van der Waals surface area contributed by atoms with Gasteiger partial charge in [0.2, 0.25) is 0 Å². The maximum atomic E-state index is 13.8. The van der Waals surface area contributed by atoms with Crippen LogP contribution in [-0.4, -0.2) is 60.1 Å². The van der Waals surface area contributed by atoms with Gasteiger partial charge >= 0.3 is 0 Å². The first-order valence-corrected chi connectivity index (χ1v) is 14.4. The predicted molar refractivity (Wildman–Crippen MR) is 160 cm³/mol. The van der Waals surface area contributed by atoms with E-state index in [0.29, 0.717) is 24.6 Å². The third-order valence-electron chi connectivity index (χ3n) is 7.60. The van der Waals surface area contributed by atoms with E-state index in [1.165, 1.54) is 24.3 Å². The lowest BCUT2D eigenvalue weighted by atomic mass is 9.83.